The van der Waals surface area contributed by atoms with E-state index >= 15 is 0 Å². The second kappa shape index (κ2) is 2.95. The highest BCUT2D eigenvalue weighted by Gasteiger charge is 2.16. The predicted octanol–water partition coefficient (Wildman–Crippen LogP) is 0.483. The smallest absolute Gasteiger partial charge is 0.372 e. The Kier molecular flexibility index (Phi) is 1.88. The molecule has 0 amide bonds. The quantitative estimate of drug-likeness (QED) is 0.778. The number of hydrogen-bond donors (Lipinski definition) is 2. The van der Waals surface area contributed by atoms with Crippen molar-refractivity contribution in [2.75, 3.05) is 0 Å². The monoisotopic (exact) mass is 257 g/mol. The molecule has 0 fully saturated rings. The van der Waals surface area contributed by atoms with E-state index in [1.807, 2.05) is 0 Å². The lowest BCUT2D eigenvalue weighted by Gasteiger charge is -1.93. The fourth-order valence-corrected chi connectivity index (χ4v) is 1.60. The summed E-state index contributed by atoms with van der Waals surface area (Å²) >= 11 is 3.05. The van der Waals surface area contributed by atoms with Gasteiger partial charge in [-0.1, -0.05) is 0 Å². The second-order valence-corrected chi connectivity index (χ2v) is 3.28. The topological polar surface area (TPSA) is 87.5 Å². The molecule has 0 aliphatic carbocycles. The number of carbonyl (C=O) groups is 1. The first kappa shape index (κ1) is 8.95. The summed E-state index contributed by atoms with van der Waals surface area (Å²) in [6, 6.07) is 1.23. The molecule has 2 N–H and O–H groups in total. The van der Waals surface area contributed by atoms with E-state index in [4.69, 9.17) is 5.11 Å². The third kappa shape index (κ3) is 1.13. The van der Waals surface area contributed by atoms with E-state index in [2.05, 4.69) is 25.9 Å². The molecule has 2 heterocycles. The molecule has 0 atom stereocenters. The highest BCUT2D eigenvalue weighted by atomic mass is 79.9. The van der Waals surface area contributed by atoms with Crippen molar-refractivity contribution in [1.82, 2.24) is 14.4 Å². The molecule has 6 nitrogen and oxygen atoms in total. The molecule has 72 valence electrons. The van der Waals surface area contributed by atoms with Crippen molar-refractivity contribution in [3.8, 4) is 0 Å². The van der Waals surface area contributed by atoms with Gasteiger partial charge in [0, 0.05) is 12.3 Å². The Labute approximate surface area is 85.3 Å². The van der Waals surface area contributed by atoms with Crippen LogP contribution in [0.5, 0.6) is 0 Å². The number of fused-ring (bicyclic) bond motifs is 1. The van der Waals surface area contributed by atoms with Crippen LogP contribution in [0.25, 0.3) is 5.65 Å². The van der Waals surface area contributed by atoms with Crippen LogP contribution in [0.15, 0.2) is 21.7 Å². The number of halogens is 1. The summed E-state index contributed by atoms with van der Waals surface area (Å²) in [5.74, 6) is -1.56. The summed E-state index contributed by atoms with van der Waals surface area (Å²) in [5, 5.41) is 8.76. The highest BCUT2D eigenvalue weighted by Crippen LogP contribution is 2.14. The third-order valence-corrected chi connectivity index (χ3v) is 2.25. The van der Waals surface area contributed by atoms with Crippen LogP contribution in [0.3, 0.4) is 0 Å². The molecule has 0 bridgehead atoms. The van der Waals surface area contributed by atoms with Gasteiger partial charge in [-0.3, -0.25) is 4.79 Å². The average molecular weight is 258 g/mol. The van der Waals surface area contributed by atoms with Gasteiger partial charge in [-0.05, 0) is 15.9 Å². The van der Waals surface area contributed by atoms with E-state index in [0.717, 1.165) is 4.40 Å². The summed E-state index contributed by atoms with van der Waals surface area (Å²) in [6.45, 7) is 0. The number of carboxylic acids is 1. The average Bonchev–Trinajstić information content (AvgIpc) is 2.46. The molecule has 0 aliphatic rings. The lowest BCUT2D eigenvalue weighted by atomic mass is 10.6. The molecular weight excluding hydrogens is 254 g/mol. The van der Waals surface area contributed by atoms with Crippen molar-refractivity contribution in [3.63, 3.8) is 0 Å². The number of carboxylic acid groups (broad SMARTS) is 1. The third-order valence-electron chi connectivity index (χ3n) is 1.69. The first-order valence-corrected chi connectivity index (χ1v) is 4.39. The number of nitrogens with one attached hydrogen (secondary N) is 1. The van der Waals surface area contributed by atoms with Crippen molar-refractivity contribution in [3.05, 3.63) is 33.0 Å². The van der Waals surface area contributed by atoms with E-state index in [9.17, 15) is 9.59 Å². The van der Waals surface area contributed by atoms with Gasteiger partial charge in [0.05, 0.1) is 0 Å². The van der Waals surface area contributed by atoms with E-state index in [1.165, 1.54) is 12.3 Å². The maximum absolute atomic E-state index is 11.3. The molecule has 2 aromatic rings. The maximum atomic E-state index is 11.3. The van der Waals surface area contributed by atoms with Crippen molar-refractivity contribution in [2.45, 2.75) is 0 Å². The summed E-state index contributed by atoms with van der Waals surface area (Å²) in [6.07, 6.45) is 1.43. The normalized spacial score (nSPS) is 10.6. The van der Waals surface area contributed by atoms with E-state index in [-0.39, 0.29) is 5.82 Å². The van der Waals surface area contributed by atoms with Gasteiger partial charge in [-0.15, -0.1) is 0 Å². The number of nitrogens with zero attached hydrogens (tertiary/aromatic N) is 2. The van der Waals surface area contributed by atoms with Crippen LogP contribution in [-0.2, 0) is 0 Å². The Morgan fingerprint density at radius 3 is 3.00 bits per heavy atom. The molecule has 2 rings (SSSR count). The van der Waals surface area contributed by atoms with Crippen LogP contribution in [0, 0.1) is 0 Å². The largest absolute Gasteiger partial charge is 0.475 e. The van der Waals surface area contributed by atoms with Gasteiger partial charge in [-0.25, -0.2) is 14.2 Å². The van der Waals surface area contributed by atoms with Crippen LogP contribution >= 0.6 is 15.9 Å². The molecule has 0 aromatic carbocycles. The standard InChI is InChI=1S/C7H4BrN3O3/c8-4-5-9-2-1-3(12)11(5)6(10-4)7(13)14/h1-2,9H,(H,13,14). The Bertz CT molecular complexity index is 571. The van der Waals surface area contributed by atoms with Crippen LogP contribution in [0.4, 0.5) is 0 Å². The molecule has 2 aromatic heterocycles. The van der Waals surface area contributed by atoms with Crippen molar-refractivity contribution < 1.29 is 9.90 Å². The van der Waals surface area contributed by atoms with Crippen LogP contribution in [0.2, 0.25) is 0 Å². The summed E-state index contributed by atoms with van der Waals surface area (Å²) in [7, 11) is 0. The molecule has 0 aliphatic heterocycles. The fraction of sp³-hybridized carbons (Fsp3) is 0. The zero-order chi connectivity index (χ0) is 10.3. The van der Waals surface area contributed by atoms with E-state index < -0.39 is 11.5 Å². The lowest BCUT2D eigenvalue weighted by Crippen LogP contribution is -2.17. The summed E-state index contributed by atoms with van der Waals surface area (Å²) in [5.41, 5.74) is -0.107. The number of aromatic nitrogens is 3. The Morgan fingerprint density at radius 1 is 1.64 bits per heavy atom. The van der Waals surface area contributed by atoms with E-state index in [1.54, 1.807) is 0 Å². The summed E-state index contributed by atoms with van der Waals surface area (Å²) in [4.78, 5) is 28.5. The van der Waals surface area contributed by atoms with Gasteiger partial charge in [0.1, 0.15) is 4.60 Å². The zero-order valence-electron chi connectivity index (χ0n) is 6.69. The van der Waals surface area contributed by atoms with Gasteiger partial charge in [0.15, 0.2) is 5.65 Å². The van der Waals surface area contributed by atoms with Gasteiger partial charge in [0.2, 0.25) is 5.82 Å². The Morgan fingerprint density at radius 2 is 2.36 bits per heavy atom. The van der Waals surface area contributed by atoms with E-state index in [0.29, 0.717) is 10.3 Å². The number of aromatic carboxylic acids is 1. The van der Waals surface area contributed by atoms with Crippen molar-refractivity contribution >= 4 is 27.5 Å². The molecule has 0 saturated heterocycles. The van der Waals surface area contributed by atoms with Crippen LogP contribution in [-0.4, -0.2) is 25.4 Å². The molecule has 0 spiro atoms. The number of H-pyrrole nitrogens is 1. The first-order valence-electron chi connectivity index (χ1n) is 3.60. The minimum atomic E-state index is -1.25. The Balaban J connectivity index is 3.00. The molecule has 0 saturated carbocycles. The minimum absolute atomic E-state index is 0.299. The van der Waals surface area contributed by atoms with Crippen LogP contribution < -0.4 is 5.56 Å². The second-order valence-electron chi connectivity index (χ2n) is 2.53. The number of hydrogen-bond acceptors (Lipinski definition) is 3. The fourth-order valence-electron chi connectivity index (χ4n) is 1.14. The zero-order valence-corrected chi connectivity index (χ0v) is 8.28. The number of rotatable bonds is 1. The molecule has 7 heteroatoms. The lowest BCUT2D eigenvalue weighted by molar-refractivity contribution is 0.0682. The SMILES string of the molecule is O=C(O)c1nc(Br)c2[nH]ccc(=O)n12. The molecule has 0 radical (unpaired) electrons. The predicted molar refractivity (Wildman–Crippen MR) is 50.5 cm³/mol. The van der Waals surface area contributed by atoms with Gasteiger partial charge in [0.25, 0.3) is 5.56 Å². The highest BCUT2D eigenvalue weighted by molar-refractivity contribution is 9.10. The molecule has 0 unspecified atom stereocenters. The van der Waals surface area contributed by atoms with Crippen molar-refractivity contribution in [1.29, 1.82) is 0 Å². The minimum Gasteiger partial charge on any atom is -0.475 e. The molecule has 14 heavy (non-hydrogen) atoms. The molecular formula is C7H4BrN3O3. The van der Waals surface area contributed by atoms with Gasteiger partial charge in [-0.2, -0.15) is 0 Å². The Hall–Kier alpha value is -1.63. The summed E-state index contributed by atoms with van der Waals surface area (Å²) < 4.78 is 1.29. The van der Waals surface area contributed by atoms with Gasteiger partial charge < -0.3 is 10.1 Å². The van der Waals surface area contributed by atoms with Gasteiger partial charge >= 0.3 is 5.97 Å². The number of aromatic amines is 1. The maximum Gasteiger partial charge on any atom is 0.372 e. The number of imidazole rings is 1. The van der Waals surface area contributed by atoms with Crippen LogP contribution in [0.1, 0.15) is 10.6 Å². The first-order chi connectivity index (χ1) is 6.61. The van der Waals surface area contributed by atoms with Crippen molar-refractivity contribution in [2.24, 2.45) is 0 Å².